The molecular formula is C10H12N4OS. The minimum absolute atomic E-state index is 0.260. The number of aryl methyl sites for hydroxylation is 1. The maximum absolute atomic E-state index is 11.4. The molecule has 2 aromatic rings. The molecule has 5 nitrogen and oxygen atoms in total. The molecule has 0 spiro atoms. The van der Waals surface area contributed by atoms with E-state index in [2.05, 4.69) is 10.4 Å². The molecule has 0 saturated carbocycles. The smallest absolute Gasteiger partial charge is 0.299 e. The van der Waals surface area contributed by atoms with Crippen molar-refractivity contribution in [3.8, 4) is 0 Å². The topological polar surface area (TPSA) is 77.9 Å². The van der Waals surface area contributed by atoms with Gasteiger partial charge in [0.2, 0.25) is 0 Å². The van der Waals surface area contributed by atoms with Crippen LogP contribution < -0.4 is 15.9 Å². The molecule has 0 aromatic carbocycles. The quantitative estimate of drug-likeness (QED) is 0.621. The van der Waals surface area contributed by atoms with E-state index in [9.17, 15) is 5.21 Å². The molecule has 0 saturated heterocycles. The number of aromatic nitrogens is 2. The number of rotatable bonds is 3. The van der Waals surface area contributed by atoms with Crippen molar-refractivity contribution in [2.45, 2.75) is 13.5 Å². The van der Waals surface area contributed by atoms with Crippen molar-refractivity contribution in [3.63, 3.8) is 0 Å². The van der Waals surface area contributed by atoms with E-state index in [0.717, 1.165) is 11.1 Å². The van der Waals surface area contributed by atoms with Crippen LogP contribution in [-0.4, -0.2) is 5.10 Å². The monoisotopic (exact) mass is 236 g/mol. The SMILES string of the molecule is Cc1cc(NCc2ccsc2)[n+]([O-])nc1N. The molecule has 84 valence electrons. The second kappa shape index (κ2) is 4.36. The van der Waals surface area contributed by atoms with Gasteiger partial charge in [-0.1, -0.05) is 5.10 Å². The van der Waals surface area contributed by atoms with Crippen molar-refractivity contribution in [2.24, 2.45) is 0 Å². The van der Waals surface area contributed by atoms with Crippen molar-refractivity contribution < 1.29 is 4.85 Å². The maximum Gasteiger partial charge on any atom is 0.299 e. The third-order valence-electron chi connectivity index (χ3n) is 2.22. The lowest BCUT2D eigenvalue weighted by molar-refractivity contribution is -0.653. The number of nitrogens with zero attached hydrogens (tertiary/aromatic N) is 2. The summed E-state index contributed by atoms with van der Waals surface area (Å²) in [6.45, 7) is 2.43. The van der Waals surface area contributed by atoms with Crippen molar-refractivity contribution in [1.82, 2.24) is 5.10 Å². The Balaban J connectivity index is 2.12. The van der Waals surface area contributed by atoms with E-state index in [-0.39, 0.29) is 5.82 Å². The Hall–Kier alpha value is -1.82. The summed E-state index contributed by atoms with van der Waals surface area (Å²) in [6.07, 6.45) is 0. The fraction of sp³-hybridized carbons (Fsp3) is 0.200. The van der Waals surface area contributed by atoms with Gasteiger partial charge in [0.05, 0.1) is 0 Å². The zero-order valence-corrected chi connectivity index (χ0v) is 9.62. The fourth-order valence-electron chi connectivity index (χ4n) is 1.27. The molecule has 2 rings (SSSR count). The number of nitrogens with one attached hydrogen (secondary N) is 1. The summed E-state index contributed by atoms with van der Waals surface area (Å²) >= 11 is 1.62. The minimum atomic E-state index is 0.260. The van der Waals surface area contributed by atoms with E-state index < -0.39 is 0 Å². The highest BCUT2D eigenvalue weighted by molar-refractivity contribution is 7.07. The van der Waals surface area contributed by atoms with Gasteiger partial charge in [0.25, 0.3) is 5.82 Å². The molecule has 2 heterocycles. The Morgan fingerprint density at radius 3 is 3.12 bits per heavy atom. The molecule has 0 aliphatic rings. The first-order chi connectivity index (χ1) is 7.66. The number of nitrogens with two attached hydrogens (primary N) is 1. The number of hydrogen-bond acceptors (Lipinski definition) is 5. The van der Waals surface area contributed by atoms with Gasteiger partial charge < -0.3 is 10.9 Å². The van der Waals surface area contributed by atoms with Crippen LogP contribution in [0, 0.1) is 12.1 Å². The Bertz CT molecular complexity index is 484. The van der Waals surface area contributed by atoms with Crippen LogP contribution in [0.3, 0.4) is 0 Å². The lowest BCUT2D eigenvalue weighted by Crippen LogP contribution is -2.36. The Morgan fingerprint density at radius 2 is 2.44 bits per heavy atom. The molecule has 6 heteroatoms. The lowest BCUT2D eigenvalue weighted by Gasteiger charge is -2.08. The second-order valence-electron chi connectivity index (χ2n) is 3.46. The summed E-state index contributed by atoms with van der Waals surface area (Å²) in [4.78, 5) is 0.509. The zero-order chi connectivity index (χ0) is 11.5. The first-order valence-corrected chi connectivity index (χ1v) is 5.73. The third kappa shape index (κ3) is 2.22. The summed E-state index contributed by atoms with van der Waals surface area (Å²) in [6, 6.07) is 3.70. The van der Waals surface area contributed by atoms with E-state index in [1.54, 1.807) is 17.4 Å². The van der Waals surface area contributed by atoms with E-state index in [1.807, 2.05) is 23.8 Å². The van der Waals surface area contributed by atoms with Crippen LogP contribution in [0.2, 0.25) is 0 Å². The van der Waals surface area contributed by atoms with Crippen LogP contribution in [0.25, 0.3) is 0 Å². The normalized spacial score (nSPS) is 10.3. The number of anilines is 2. The van der Waals surface area contributed by atoms with E-state index >= 15 is 0 Å². The lowest BCUT2D eigenvalue weighted by atomic mass is 10.3. The molecule has 0 aliphatic carbocycles. The van der Waals surface area contributed by atoms with Crippen LogP contribution in [0.15, 0.2) is 22.9 Å². The standard InChI is InChI=1S/C10H12N4OS/c1-7-4-9(14(15)13-10(7)11)12-5-8-2-3-16-6-8/h2-4,6,12H,5H2,1H3,(H2,11,13). The van der Waals surface area contributed by atoms with E-state index in [0.29, 0.717) is 17.2 Å². The molecule has 0 atom stereocenters. The first-order valence-electron chi connectivity index (χ1n) is 4.79. The second-order valence-corrected chi connectivity index (χ2v) is 4.24. The van der Waals surface area contributed by atoms with Crippen LogP contribution in [0.4, 0.5) is 11.6 Å². The van der Waals surface area contributed by atoms with Gasteiger partial charge in [0, 0.05) is 17.2 Å². The van der Waals surface area contributed by atoms with Crippen LogP contribution in [-0.2, 0) is 6.54 Å². The Labute approximate surface area is 97.1 Å². The van der Waals surface area contributed by atoms with Gasteiger partial charge in [0.1, 0.15) is 6.54 Å². The minimum Gasteiger partial charge on any atom is -0.691 e. The maximum atomic E-state index is 11.4. The molecule has 0 radical (unpaired) electrons. The van der Waals surface area contributed by atoms with Gasteiger partial charge in [0.15, 0.2) is 5.82 Å². The summed E-state index contributed by atoms with van der Waals surface area (Å²) in [5.41, 5.74) is 7.45. The predicted molar refractivity (Wildman–Crippen MR) is 64.0 cm³/mol. The van der Waals surface area contributed by atoms with Gasteiger partial charge in [-0.3, -0.25) is 5.32 Å². The van der Waals surface area contributed by atoms with Crippen molar-refractivity contribution in [2.75, 3.05) is 11.1 Å². The van der Waals surface area contributed by atoms with Crippen LogP contribution in [0.5, 0.6) is 0 Å². The van der Waals surface area contributed by atoms with Gasteiger partial charge in [-0.2, -0.15) is 11.3 Å². The van der Waals surface area contributed by atoms with Gasteiger partial charge in [-0.15, -0.1) is 4.85 Å². The summed E-state index contributed by atoms with van der Waals surface area (Å²) in [5.74, 6) is 0.675. The largest absolute Gasteiger partial charge is 0.691 e. The molecular weight excluding hydrogens is 224 g/mol. The third-order valence-corrected chi connectivity index (χ3v) is 2.95. The average molecular weight is 236 g/mol. The molecule has 2 aromatic heterocycles. The van der Waals surface area contributed by atoms with E-state index in [4.69, 9.17) is 5.73 Å². The first kappa shape index (κ1) is 10.7. The molecule has 0 amide bonds. The van der Waals surface area contributed by atoms with Crippen LogP contribution >= 0.6 is 11.3 Å². The molecule has 0 aliphatic heterocycles. The summed E-state index contributed by atoms with van der Waals surface area (Å²) in [7, 11) is 0. The van der Waals surface area contributed by atoms with E-state index in [1.165, 1.54) is 0 Å². The van der Waals surface area contributed by atoms with Gasteiger partial charge >= 0.3 is 0 Å². The van der Waals surface area contributed by atoms with Crippen LogP contribution in [0.1, 0.15) is 11.1 Å². The van der Waals surface area contributed by atoms with Gasteiger partial charge in [-0.25, -0.2) is 0 Å². The Kier molecular flexibility index (Phi) is 2.91. The molecule has 0 bridgehead atoms. The highest BCUT2D eigenvalue weighted by Gasteiger charge is 2.08. The Morgan fingerprint density at radius 1 is 1.62 bits per heavy atom. The molecule has 16 heavy (non-hydrogen) atoms. The fourth-order valence-corrected chi connectivity index (χ4v) is 1.94. The van der Waals surface area contributed by atoms with Crippen molar-refractivity contribution in [3.05, 3.63) is 39.2 Å². The summed E-state index contributed by atoms with van der Waals surface area (Å²) < 4.78 is 0. The van der Waals surface area contributed by atoms with Crippen molar-refractivity contribution in [1.29, 1.82) is 0 Å². The molecule has 3 N–H and O–H groups in total. The molecule has 0 fully saturated rings. The molecule has 0 unspecified atom stereocenters. The summed E-state index contributed by atoms with van der Waals surface area (Å²) in [5, 5.41) is 22.1. The van der Waals surface area contributed by atoms with Gasteiger partial charge in [-0.05, 0) is 23.8 Å². The average Bonchev–Trinajstić information content (AvgIpc) is 2.74. The number of thiophene rings is 1. The highest BCUT2D eigenvalue weighted by Crippen LogP contribution is 2.11. The number of hydrogen-bond donors (Lipinski definition) is 2. The highest BCUT2D eigenvalue weighted by atomic mass is 32.1. The van der Waals surface area contributed by atoms with Crippen molar-refractivity contribution >= 4 is 23.0 Å². The zero-order valence-electron chi connectivity index (χ0n) is 8.80. The number of nitrogen functional groups attached to an aromatic ring is 1. The predicted octanol–water partition coefficient (Wildman–Crippen LogP) is 1.28.